The van der Waals surface area contributed by atoms with Crippen molar-refractivity contribution in [3.63, 3.8) is 0 Å². The average molecular weight is 255 g/mol. The number of nitrogens with two attached hydrogens (primary N) is 1. The molecule has 0 aromatic heterocycles. The van der Waals surface area contributed by atoms with E-state index in [1.54, 1.807) is 0 Å². The second-order valence-electron chi connectivity index (χ2n) is 5.36. The highest BCUT2D eigenvalue weighted by molar-refractivity contribution is 6.02. The van der Waals surface area contributed by atoms with Crippen molar-refractivity contribution in [1.82, 2.24) is 4.90 Å². The first kappa shape index (κ1) is 14.8. The molecule has 1 unspecified atom stereocenters. The van der Waals surface area contributed by atoms with E-state index in [0.717, 1.165) is 32.2 Å². The van der Waals surface area contributed by atoms with Crippen molar-refractivity contribution in [3.05, 3.63) is 0 Å². The molecule has 104 valence electrons. The molecule has 0 spiro atoms. The summed E-state index contributed by atoms with van der Waals surface area (Å²) in [6.07, 6.45) is 4.22. The third-order valence-electron chi connectivity index (χ3n) is 3.39. The van der Waals surface area contributed by atoms with E-state index in [-0.39, 0.29) is 17.7 Å². The molecule has 1 saturated carbocycles. The highest BCUT2D eigenvalue weighted by atomic mass is 16.4. The zero-order valence-electron chi connectivity index (χ0n) is 11.6. The number of hydrogen-bond acceptors (Lipinski definition) is 3. The first-order valence-corrected chi connectivity index (χ1v) is 6.80. The summed E-state index contributed by atoms with van der Waals surface area (Å²) < 4.78 is 0. The van der Waals surface area contributed by atoms with E-state index < -0.39 is 5.92 Å². The Morgan fingerprint density at radius 3 is 2.50 bits per heavy atom. The molecule has 0 aliphatic heterocycles. The number of amides is 1. The van der Waals surface area contributed by atoms with Crippen LogP contribution < -0.4 is 5.73 Å². The lowest BCUT2D eigenvalue weighted by molar-refractivity contribution is -0.135. The molecule has 5 heteroatoms. The Balaban J connectivity index is 2.78. The summed E-state index contributed by atoms with van der Waals surface area (Å²) >= 11 is 0. The average Bonchev–Trinajstić information content (AvgIpc) is 3.13. The van der Waals surface area contributed by atoms with E-state index in [4.69, 9.17) is 10.9 Å². The Labute approximate surface area is 109 Å². The van der Waals surface area contributed by atoms with E-state index in [0.29, 0.717) is 6.04 Å². The van der Waals surface area contributed by atoms with E-state index in [1.165, 1.54) is 0 Å². The number of nitrogens with zero attached hydrogens (tertiary/aromatic N) is 2. The summed E-state index contributed by atoms with van der Waals surface area (Å²) in [6.45, 7) is 6.73. The molecular weight excluding hydrogens is 230 g/mol. The van der Waals surface area contributed by atoms with E-state index in [1.807, 2.05) is 18.7 Å². The van der Waals surface area contributed by atoms with Gasteiger partial charge in [0, 0.05) is 12.6 Å². The van der Waals surface area contributed by atoms with Gasteiger partial charge in [-0.05, 0) is 25.2 Å². The molecule has 5 nitrogen and oxygen atoms in total. The summed E-state index contributed by atoms with van der Waals surface area (Å²) in [7, 11) is 0. The number of carbonyl (C=O) groups excluding carboxylic acids is 1. The summed E-state index contributed by atoms with van der Waals surface area (Å²) in [5, 5.41) is 11.8. The van der Waals surface area contributed by atoms with Gasteiger partial charge < -0.3 is 15.8 Å². The lowest BCUT2D eigenvalue weighted by Gasteiger charge is -2.28. The van der Waals surface area contributed by atoms with Gasteiger partial charge in [0.25, 0.3) is 0 Å². The number of carbonyl (C=O) groups is 1. The summed E-state index contributed by atoms with van der Waals surface area (Å²) in [5.41, 5.74) is 5.66. The Hall–Kier alpha value is -1.26. The van der Waals surface area contributed by atoms with Gasteiger partial charge in [-0.1, -0.05) is 32.3 Å². The largest absolute Gasteiger partial charge is 0.409 e. The number of unbranched alkanes of at least 4 members (excludes halogenated alkanes) is 1. The molecule has 1 aliphatic carbocycles. The number of rotatable bonds is 7. The first-order valence-electron chi connectivity index (χ1n) is 6.80. The fourth-order valence-corrected chi connectivity index (χ4v) is 2.18. The molecule has 18 heavy (non-hydrogen) atoms. The monoisotopic (exact) mass is 255 g/mol. The molecule has 0 heterocycles. The minimum Gasteiger partial charge on any atom is -0.409 e. The van der Waals surface area contributed by atoms with Crippen LogP contribution in [0.4, 0.5) is 0 Å². The first-order chi connectivity index (χ1) is 8.52. The molecule has 1 fully saturated rings. The predicted octanol–water partition coefficient (Wildman–Crippen LogP) is 1.80. The third-order valence-corrected chi connectivity index (χ3v) is 3.39. The third kappa shape index (κ3) is 3.62. The van der Waals surface area contributed by atoms with Crippen LogP contribution in [-0.2, 0) is 4.79 Å². The van der Waals surface area contributed by atoms with E-state index in [9.17, 15) is 4.79 Å². The number of amidine groups is 1. The molecule has 0 saturated heterocycles. The summed E-state index contributed by atoms with van der Waals surface area (Å²) in [5.74, 6) is -0.433. The second-order valence-corrected chi connectivity index (χ2v) is 5.36. The minimum absolute atomic E-state index is 0.0104. The molecule has 3 N–H and O–H groups in total. The van der Waals surface area contributed by atoms with Gasteiger partial charge in [-0.25, -0.2) is 0 Å². The predicted molar refractivity (Wildman–Crippen MR) is 71.4 cm³/mol. The van der Waals surface area contributed by atoms with Crippen molar-refractivity contribution in [3.8, 4) is 0 Å². The van der Waals surface area contributed by atoms with Crippen molar-refractivity contribution in [2.24, 2.45) is 22.7 Å². The maximum Gasteiger partial charge on any atom is 0.233 e. The molecule has 0 radical (unpaired) electrons. The van der Waals surface area contributed by atoms with Gasteiger partial charge in [-0.15, -0.1) is 0 Å². The molecule has 1 atom stereocenters. The SMILES string of the molecule is CCCCN(C(=O)C(C(N)=NO)C(C)C)C1CC1. The van der Waals surface area contributed by atoms with Gasteiger partial charge >= 0.3 is 0 Å². The smallest absolute Gasteiger partial charge is 0.233 e. The van der Waals surface area contributed by atoms with Crippen LogP contribution in [0.25, 0.3) is 0 Å². The minimum atomic E-state index is -0.507. The van der Waals surface area contributed by atoms with E-state index >= 15 is 0 Å². The highest BCUT2D eigenvalue weighted by Crippen LogP contribution is 2.29. The van der Waals surface area contributed by atoms with Crippen LogP contribution in [-0.4, -0.2) is 34.4 Å². The van der Waals surface area contributed by atoms with Crippen molar-refractivity contribution in [1.29, 1.82) is 0 Å². The fraction of sp³-hybridized carbons (Fsp3) is 0.846. The Bertz CT molecular complexity index is 311. The second kappa shape index (κ2) is 6.61. The molecule has 0 aromatic rings. The quantitative estimate of drug-likeness (QED) is 0.315. The number of hydrogen-bond donors (Lipinski definition) is 2. The van der Waals surface area contributed by atoms with Gasteiger partial charge in [0.2, 0.25) is 5.91 Å². The lowest BCUT2D eigenvalue weighted by Crippen LogP contribution is -2.45. The molecule has 1 amide bonds. The van der Waals surface area contributed by atoms with Crippen LogP contribution in [0.15, 0.2) is 5.16 Å². The van der Waals surface area contributed by atoms with Crippen LogP contribution in [0.5, 0.6) is 0 Å². The standard InChI is InChI=1S/C13H25N3O2/c1-4-5-8-16(10-6-7-10)13(17)11(9(2)3)12(14)15-18/h9-11,18H,4-8H2,1-3H3,(H2,14,15). The normalized spacial score (nSPS) is 17.9. The van der Waals surface area contributed by atoms with Crippen LogP contribution >= 0.6 is 0 Å². The summed E-state index contributed by atoms with van der Waals surface area (Å²) in [6, 6.07) is 0.372. The molecule has 0 bridgehead atoms. The zero-order valence-corrected chi connectivity index (χ0v) is 11.6. The Morgan fingerprint density at radius 2 is 2.11 bits per heavy atom. The number of oxime groups is 1. The van der Waals surface area contributed by atoms with Crippen LogP contribution in [0.2, 0.25) is 0 Å². The van der Waals surface area contributed by atoms with Crippen LogP contribution in [0.1, 0.15) is 46.5 Å². The van der Waals surface area contributed by atoms with Crippen molar-refractivity contribution < 1.29 is 10.0 Å². The topological polar surface area (TPSA) is 78.9 Å². The van der Waals surface area contributed by atoms with Crippen LogP contribution in [0.3, 0.4) is 0 Å². The molecule has 1 rings (SSSR count). The summed E-state index contributed by atoms with van der Waals surface area (Å²) in [4.78, 5) is 14.4. The lowest BCUT2D eigenvalue weighted by atomic mass is 9.93. The van der Waals surface area contributed by atoms with Crippen molar-refractivity contribution in [2.75, 3.05) is 6.54 Å². The van der Waals surface area contributed by atoms with E-state index in [2.05, 4.69) is 12.1 Å². The maximum atomic E-state index is 12.5. The molecule has 1 aliphatic rings. The Morgan fingerprint density at radius 1 is 1.50 bits per heavy atom. The fourth-order valence-electron chi connectivity index (χ4n) is 2.18. The van der Waals surface area contributed by atoms with Gasteiger partial charge in [0.05, 0.1) is 0 Å². The van der Waals surface area contributed by atoms with Gasteiger partial charge in [0.15, 0.2) is 5.84 Å². The van der Waals surface area contributed by atoms with Gasteiger partial charge in [-0.3, -0.25) is 4.79 Å². The maximum absolute atomic E-state index is 12.5. The van der Waals surface area contributed by atoms with Gasteiger partial charge in [0.1, 0.15) is 5.92 Å². The highest BCUT2D eigenvalue weighted by Gasteiger charge is 2.38. The van der Waals surface area contributed by atoms with Gasteiger partial charge in [-0.2, -0.15) is 0 Å². The zero-order chi connectivity index (χ0) is 13.7. The molecule has 0 aromatic carbocycles. The van der Waals surface area contributed by atoms with Crippen LogP contribution in [0, 0.1) is 11.8 Å². The molecular formula is C13H25N3O2. The van der Waals surface area contributed by atoms with Crippen molar-refractivity contribution in [2.45, 2.75) is 52.5 Å². The van der Waals surface area contributed by atoms with Crippen molar-refractivity contribution >= 4 is 11.7 Å². The Kier molecular flexibility index (Phi) is 5.44.